The summed E-state index contributed by atoms with van der Waals surface area (Å²) in [6.45, 7) is 6.52. The lowest BCUT2D eigenvalue weighted by Gasteiger charge is -2.07. The van der Waals surface area contributed by atoms with Crippen LogP contribution in [0.2, 0.25) is 24.7 Å². The van der Waals surface area contributed by atoms with E-state index in [0.29, 0.717) is 16.3 Å². The molecule has 0 bridgehead atoms. The first-order valence-electron chi connectivity index (χ1n) is 6.21. The van der Waals surface area contributed by atoms with E-state index in [-0.39, 0.29) is 0 Å². The molecule has 0 aliphatic carbocycles. The van der Waals surface area contributed by atoms with Crippen molar-refractivity contribution < 1.29 is 4.42 Å². The number of hydrogen-bond donors (Lipinski definition) is 0. The van der Waals surface area contributed by atoms with Gasteiger partial charge in [0, 0.05) is 11.1 Å². The molecular formula is C16H14ClNOSi. The third-order valence-electron chi connectivity index (χ3n) is 2.59. The van der Waals surface area contributed by atoms with Crippen molar-refractivity contribution in [2.24, 2.45) is 0 Å². The zero-order valence-electron chi connectivity index (χ0n) is 11.6. The topological polar surface area (TPSA) is 36.9 Å². The highest BCUT2D eigenvalue weighted by Crippen LogP contribution is 2.29. The number of rotatable bonds is 1. The molecule has 0 amide bonds. The van der Waals surface area contributed by atoms with Gasteiger partial charge >= 0.3 is 0 Å². The van der Waals surface area contributed by atoms with Gasteiger partial charge in [-0.15, -0.1) is 5.54 Å². The Bertz CT molecular complexity index is 725. The molecule has 0 spiro atoms. The molecule has 0 saturated carbocycles. The molecule has 2 aromatic rings. The second kappa shape index (κ2) is 5.59. The van der Waals surface area contributed by atoms with Crippen molar-refractivity contribution in [3.05, 3.63) is 46.7 Å². The third-order valence-corrected chi connectivity index (χ3v) is 3.77. The van der Waals surface area contributed by atoms with E-state index < -0.39 is 8.07 Å². The summed E-state index contributed by atoms with van der Waals surface area (Å²) in [6.07, 6.45) is 1.61. The molecule has 0 atom stereocenters. The second-order valence-electron chi connectivity index (χ2n) is 5.47. The van der Waals surface area contributed by atoms with E-state index in [1.165, 1.54) is 0 Å². The molecular weight excluding hydrogens is 286 g/mol. The van der Waals surface area contributed by atoms with Gasteiger partial charge in [-0.25, -0.2) is 0 Å². The largest absolute Gasteiger partial charge is 0.464 e. The highest BCUT2D eigenvalue weighted by atomic mass is 35.5. The summed E-state index contributed by atoms with van der Waals surface area (Å²) in [4.78, 5) is 0. The van der Waals surface area contributed by atoms with Crippen molar-refractivity contribution in [2.45, 2.75) is 19.6 Å². The van der Waals surface area contributed by atoms with Crippen LogP contribution in [0.4, 0.5) is 0 Å². The summed E-state index contributed by atoms with van der Waals surface area (Å²) < 4.78 is 5.42. The van der Waals surface area contributed by atoms with Crippen LogP contribution in [0.5, 0.6) is 0 Å². The number of benzene rings is 1. The fraction of sp³-hybridized carbons (Fsp3) is 0.188. The van der Waals surface area contributed by atoms with Gasteiger partial charge in [0.1, 0.15) is 19.9 Å². The average molecular weight is 300 g/mol. The maximum absolute atomic E-state index is 9.10. The summed E-state index contributed by atoms with van der Waals surface area (Å²) >= 11 is 6.10. The van der Waals surface area contributed by atoms with Crippen molar-refractivity contribution >= 4 is 19.7 Å². The minimum absolute atomic E-state index is 0.414. The Morgan fingerprint density at radius 3 is 2.50 bits per heavy atom. The smallest absolute Gasteiger partial charge is 0.135 e. The molecule has 0 fully saturated rings. The lowest BCUT2D eigenvalue weighted by atomic mass is 10.0. The summed E-state index contributed by atoms with van der Waals surface area (Å²) in [5.74, 6) is 3.89. The van der Waals surface area contributed by atoms with E-state index in [0.717, 1.165) is 11.1 Å². The standard InChI is InChI=1S/C16H14ClNOSi/c1-20(2,3)8-6-12-9-13(11-18)15(17)10-14(12)16-5-4-7-19-16/h4-5,7,9-10H,1-3H3. The van der Waals surface area contributed by atoms with Crippen molar-refractivity contribution in [3.8, 4) is 28.9 Å². The van der Waals surface area contributed by atoms with Crippen LogP contribution in [0.3, 0.4) is 0 Å². The zero-order valence-corrected chi connectivity index (χ0v) is 13.4. The summed E-state index contributed by atoms with van der Waals surface area (Å²) in [6, 6.07) is 9.23. The molecule has 20 heavy (non-hydrogen) atoms. The van der Waals surface area contributed by atoms with Crippen LogP contribution in [0.25, 0.3) is 11.3 Å². The van der Waals surface area contributed by atoms with Crippen molar-refractivity contribution in [2.75, 3.05) is 0 Å². The number of halogens is 1. The van der Waals surface area contributed by atoms with E-state index >= 15 is 0 Å². The molecule has 4 heteroatoms. The van der Waals surface area contributed by atoms with Crippen molar-refractivity contribution in [1.82, 2.24) is 0 Å². The highest BCUT2D eigenvalue weighted by molar-refractivity contribution is 6.83. The monoisotopic (exact) mass is 299 g/mol. The van der Waals surface area contributed by atoms with Crippen LogP contribution in [-0.4, -0.2) is 8.07 Å². The third kappa shape index (κ3) is 3.33. The van der Waals surface area contributed by atoms with E-state index in [9.17, 15) is 0 Å². The Labute approximate surface area is 125 Å². The molecule has 100 valence electrons. The molecule has 0 N–H and O–H groups in total. The van der Waals surface area contributed by atoms with Crippen molar-refractivity contribution in [3.63, 3.8) is 0 Å². The first-order chi connectivity index (χ1) is 9.40. The fourth-order valence-corrected chi connectivity index (χ4v) is 2.37. The first kappa shape index (κ1) is 14.5. The van der Waals surface area contributed by atoms with Gasteiger partial charge < -0.3 is 4.42 Å². The van der Waals surface area contributed by atoms with Crippen LogP contribution >= 0.6 is 11.6 Å². The Morgan fingerprint density at radius 1 is 1.20 bits per heavy atom. The quantitative estimate of drug-likeness (QED) is 0.565. The Morgan fingerprint density at radius 2 is 1.95 bits per heavy atom. The van der Waals surface area contributed by atoms with Crippen LogP contribution in [-0.2, 0) is 0 Å². The lowest BCUT2D eigenvalue weighted by Crippen LogP contribution is -2.16. The van der Waals surface area contributed by atoms with Gasteiger partial charge in [0.25, 0.3) is 0 Å². The number of nitrogens with zero attached hydrogens (tertiary/aromatic N) is 1. The van der Waals surface area contributed by atoms with Gasteiger partial charge in [0.15, 0.2) is 0 Å². The lowest BCUT2D eigenvalue weighted by molar-refractivity contribution is 0.582. The first-order valence-corrected chi connectivity index (χ1v) is 10.1. The van der Waals surface area contributed by atoms with E-state index in [2.05, 4.69) is 37.2 Å². The van der Waals surface area contributed by atoms with Gasteiger partial charge in [-0.1, -0.05) is 37.2 Å². The Kier molecular flexibility index (Phi) is 4.04. The van der Waals surface area contributed by atoms with Crippen LogP contribution < -0.4 is 0 Å². The maximum atomic E-state index is 9.10. The minimum atomic E-state index is -1.50. The average Bonchev–Trinajstić information content (AvgIpc) is 2.89. The van der Waals surface area contributed by atoms with Crippen molar-refractivity contribution in [1.29, 1.82) is 5.26 Å². The van der Waals surface area contributed by atoms with Gasteiger partial charge in [-0.3, -0.25) is 0 Å². The van der Waals surface area contributed by atoms with Crippen LogP contribution in [0, 0.1) is 22.8 Å². The predicted molar refractivity (Wildman–Crippen MR) is 84.1 cm³/mol. The number of hydrogen-bond acceptors (Lipinski definition) is 2. The Balaban J connectivity index is 2.63. The minimum Gasteiger partial charge on any atom is -0.464 e. The van der Waals surface area contributed by atoms with Crippen LogP contribution in [0.1, 0.15) is 11.1 Å². The molecule has 1 aromatic carbocycles. The predicted octanol–water partition coefficient (Wildman–Crippen LogP) is 4.70. The number of furan rings is 1. The van der Waals surface area contributed by atoms with E-state index in [1.54, 1.807) is 18.4 Å². The summed E-state index contributed by atoms with van der Waals surface area (Å²) in [5, 5.41) is 9.51. The zero-order chi connectivity index (χ0) is 14.8. The molecule has 0 saturated heterocycles. The summed E-state index contributed by atoms with van der Waals surface area (Å²) in [5.41, 5.74) is 5.34. The van der Waals surface area contributed by atoms with Crippen LogP contribution in [0.15, 0.2) is 34.9 Å². The van der Waals surface area contributed by atoms with Gasteiger partial charge in [0.05, 0.1) is 16.8 Å². The molecule has 1 aromatic heterocycles. The number of nitriles is 1. The molecule has 0 aliphatic heterocycles. The molecule has 0 radical (unpaired) electrons. The normalized spacial score (nSPS) is 10.6. The molecule has 2 rings (SSSR count). The molecule has 0 unspecified atom stereocenters. The maximum Gasteiger partial charge on any atom is 0.135 e. The van der Waals surface area contributed by atoms with Gasteiger partial charge in [-0.05, 0) is 24.3 Å². The SMILES string of the molecule is C[Si](C)(C)C#Cc1cc(C#N)c(Cl)cc1-c1ccco1. The molecule has 0 aliphatic rings. The Hall–Kier alpha value is -1.94. The van der Waals surface area contributed by atoms with E-state index in [1.807, 2.05) is 12.1 Å². The second-order valence-corrected chi connectivity index (χ2v) is 10.6. The van der Waals surface area contributed by atoms with E-state index in [4.69, 9.17) is 21.3 Å². The highest BCUT2D eigenvalue weighted by Gasteiger charge is 2.13. The van der Waals surface area contributed by atoms with Gasteiger partial charge in [0.2, 0.25) is 0 Å². The fourth-order valence-electron chi connectivity index (χ4n) is 1.65. The molecule has 1 heterocycles. The van der Waals surface area contributed by atoms with Gasteiger partial charge in [-0.2, -0.15) is 5.26 Å². The summed E-state index contributed by atoms with van der Waals surface area (Å²) in [7, 11) is -1.50. The molecule has 2 nitrogen and oxygen atoms in total.